The fourth-order valence-corrected chi connectivity index (χ4v) is 9.86. The summed E-state index contributed by atoms with van der Waals surface area (Å²) in [6.07, 6.45) is 1.86. The van der Waals surface area contributed by atoms with Crippen LogP contribution in [-0.2, 0) is 5.41 Å². The summed E-state index contributed by atoms with van der Waals surface area (Å²) in [6, 6.07) is 75.3. The average molecular weight is 785 g/mol. The van der Waals surface area contributed by atoms with Crippen LogP contribution in [0.3, 0.4) is 0 Å². The van der Waals surface area contributed by atoms with Crippen LogP contribution in [0.1, 0.15) is 22.3 Å². The van der Waals surface area contributed by atoms with E-state index in [-0.39, 0.29) is 0 Å². The number of benzene rings is 8. The van der Waals surface area contributed by atoms with Crippen LogP contribution in [0, 0.1) is 0 Å². The minimum atomic E-state index is -0.665. The molecule has 0 unspecified atom stereocenters. The number of aromatic nitrogens is 4. The van der Waals surface area contributed by atoms with Crippen molar-refractivity contribution in [2.45, 2.75) is 15.2 Å². The predicted octanol–water partition coefficient (Wildman–Crippen LogP) is 13.6. The smallest absolute Gasteiger partial charge is 0.164 e. The molecule has 1 aliphatic rings. The Labute approximate surface area is 353 Å². The van der Waals surface area contributed by atoms with Gasteiger partial charge in [0, 0.05) is 38.1 Å². The second-order valence-electron chi connectivity index (χ2n) is 15.0. The van der Waals surface area contributed by atoms with Crippen molar-refractivity contribution in [1.82, 2.24) is 19.9 Å². The normalized spacial score (nSPS) is 12.7. The maximum Gasteiger partial charge on any atom is 0.164 e. The SMILES string of the molecule is c1ccc(-c2cccc(-c3nc(-c4ccccc4)nc(-c4cccc(C5(c6cccc(-c7ccc8cccnc8c7)c6)c6ccccc6Sc6ccccc65)c4)n3)c2)cc1. The van der Waals surface area contributed by atoms with Crippen LogP contribution in [0.4, 0.5) is 0 Å². The second kappa shape index (κ2) is 15.0. The molecule has 0 atom stereocenters. The summed E-state index contributed by atoms with van der Waals surface area (Å²) in [5.74, 6) is 1.87. The summed E-state index contributed by atoms with van der Waals surface area (Å²) in [4.78, 5) is 22.7. The van der Waals surface area contributed by atoms with Crippen LogP contribution in [0.2, 0.25) is 0 Å². The van der Waals surface area contributed by atoms with E-state index in [1.165, 1.54) is 26.5 Å². The van der Waals surface area contributed by atoms with E-state index in [9.17, 15) is 0 Å². The fraction of sp³-hybridized carbons (Fsp3) is 0.0182. The van der Waals surface area contributed by atoms with Crippen LogP contribution in [0.15, 0.2) is 228 Å². The van der Waals surface area contributed by atoms with E-state index in [0.717, 1.165) is 55.4 Å². The Bertz CT molecular complexity index is 3150. The molecule has 3 heterocycles. The van der Waals surface area contributed by atoms with Crippen LogP contribution >= 0.6 is 11.8 Å². The highest BCUT2D eigenvalue weighted by Gasteiger charge is 2.44. The molecular weight excluding hydrogens is 749 g/mol. The van der Waals surface area contributed by atoms with Gasteiger partial charge in [0.2, 0.25) is 0 Å². The number of hydrogen-bond acceptors (Lipinski definition) is 5. The van der Waals surface area contributed by atoms with Gasteiger partial charge >= 0.3 is 0 Å². The van der Waals surface area contributed by atoms with Crippen LogP contribution in [0.5, 0.6) is 0 Å². The van der Waals surface area contributed by atoms with Gasteiger partial charge in [-0.15, -0.1) is 0 Å². The average Bonchev–Trinajstić information content (AvgIpc) is 3.33. The number of hydrogen-bond donors (Lipinski definition) is 0. The van der Waals surface area contributed by atoms with E-state index in [1.807, 2.05) is 48.3 Å². The van der Waals surface area contributed by atoms with Gasteiger partial charge in [-0.3, -0.25) is 4.98 Å². The van der Waals surface area contributed by atoms with Crippen molar-refractivity contribution in [3.05, 3.63) is 241 Å². The third-order valence-corrected chi connectivity index (χ3v) is 12.6. The van der Waals surface area contributed by atoms with E-state index in [4.69, 9.17) is 15.0 Å². The lowest BCUT2D eigenvalue weighted by atomic mass is 9.64. The molecule has 282 valence electrons. The minimum Gasteiger partial charge on any atom is -0.256 e. The fourth-order valence-electron chi connectivity index (χ4n) is 8.67. The molecule has 0 saturated heterocycles. The molecule has 0 saturated carbocycles. The molecule has 11 rings (SSSR count). The number of pyridine rings is 1. The quantitative estimate of drug-likeness (QED) is 0.161. The molecule has 0 aliphatic carbocycles. The maximum atomic E-state index is 5.25. The van der Waals surface area contributed by atoms with E-state index >= 15 is 0 Å². The summed E-state index contributed by atoms with van der Waals surface area (Å²) >= 11 is 1.83. The van der Waals surface area contributed by atoms with Crippen molar-refractivity contribution in [3.63, 3.8) is 0 Å². The van der Waals surface area contributed by atoms with E-state index in [1.54, 1.807) is 0 Å². The Kier molecular flexibility index (Phi) is 8.94. The second-order valence-corrected chi connectivity index (χ2v) is 16.1. The summed E-state index contributed by atoms with van der Waals surface area (Å²) < 4.78 is 0. The standard InChI is InChI=1S/C55H36N4S/c1-3-15-37(16-4-1)40-19-11-21-43(33-40)53-57-52(39-17-5-2-6-18-39)58-54(59-53)44-22-13-25-46(35-44)55(47-26-7-9-28-50(47)60-51-29-10-8-27-48(51)55)45-24-12-20-41(34-45)42-31-30-38-23-14-32-56-49(38)36-42/h1-36H. The molecule has 0 fully saturated rings. The lowest BCUT2D eigenvalue weighted by Crippen LogP contribution is -2.34. The third-order valence-electron chi connectivity index (χ3n) is 11.5. The predicted molar refractivity (Wildman–Crippen MR) is 245 cm³/mol. The van der Waals surface area contributed by atoms with E-state index < -0.39 is 5.41 Å². The first kappa shape index (κ1) is 35.7. The zero-order chi connectivity index (χ0) is 39.9. The summed E-state index contributed by atoms with van der Waals surface area (Å²) in [7, 11) is 0. The van der Waals surface area contributed by atoms with E-state index in [0.29, 0.717) is 17.5 Å². The molecule has 2 aromatic heterocycles. The zero-order valence-electron chi connectivity index (χ0n) is 32.5. The molecule has 0 N–H and O–H groups in total. The molecule has 1 aliphatic heterocycles. The number of rotatable bonds is 7. The molecule has 8 aromatic carbocycles. The van der Waals surface area contributed by atoms with Crippen molar-refractivity contribution in [2.24, 2.45) is 0 Å². The van der Waals surface area contributed by atoms with Gasteiger partial charge in [0.1, 0.15) is 0 Å². The summed E-state index contributed by atoms with van der Waals surface area (Å²) in [5.41, 5.74) is 12.4. The molecule has 0 spiro atoms. The van der Waals surface area contributed by atoms with Crippen molar-refractivity contribution >= 4 is 22.7 Å². The highest BCUT2D eigenvalue weighted by molar-refractivity contribution is 7.99. The number of nitrogens with zero attached hydrogens (tertiary/aromatic N) is 4. The van der Waals surface area contributed by atoms with E-state index in [2.05, 4.69) is 187 Å². The molecule has 0 radical (unpaired) electrons. The Hall–Kier alpha value is -7.47. The Morgan fingerprint density at radius 2 is 0.817 bits per heavy atom. The molecule has 4 nitrogen and oxygen atoms in total. The largest absolute Gasteiger partial charge is 0.256 e. The first-order valence-corrected chi connectivity index (χ1v) is 20.9. The number of fused-ring (bicyclic) bond motifs is 3. The molecule has 5 heteroatoms. The van der Waals surface area contributed by atoms with Gasteiger partial charge in [0.25, 0.3) is 0 Å². The Morgan fingerprint density at radius 1 is 0.333 bits per heavy atom. The minimum absolute atomic E-state index is 0.616. The zero-order valence-corrected chi connectivity index (χ0v) is 33.3. The van der Waals surface area contributed by atoms with Gasteiger partial charge in [0.05, 0.1) is 10.9 Å². The lowest BCUT2D eigenvalue weighted by molar-refractivity contribution is 0.703. The molecule has 60 heavy (non-hydrogen) atoms. The molecule has 0 bridgehead atoms. The van der Waals surface area contributed by atoms with Crippen molar-refractivity contribution in [3.8, 4) is 56.4 Å². The van der Waals surface area contributed by atoms with Gasteiger partial charge in [-0.1, -0.05) is 182 Å². The monoisotopic (exact) mass is 784 g/mol. The van der Waals surface area contributed by atoms with Crippen LogP contribution in [0.25, 0.3) is 67.3 Å². The lowest BCUT2D eigenvalue weighted by Gasteiger charge is -2.42. The van der Waals surface area contributed by atoms with Crippen LogP contribution in [-0.4, -0.2) is 19.9 Å². The highest BCUT2D eigenvalue weighted by atomic mass is 32.2. The van der Waals surface area contributed by atoms with Gasteiger partial charge in [0.15, 0.2) is 17.5 Å². The third kappa shape index (κ3) is 6.28. The summed E-state index contributed by atoms with van der Waals surface area (Å²) in [6.45, 7) is 0. The van der Waals surface area contributed by atoms with Gasteiger partial charge in [-0.2, -0.15) is 0 Å². The Balaban J connectivity index is 1.13. The van der Waals surface area contributed by atoms with Crippen molar-refractivity contribution in [2.75, 3.05) is 0 Å². The van der Waals surface area contributed by atoms with Gasteiger partial charge < -0.3 is 0 Å². The maximum absolute atomic E-state index is 5.25. The molecule has 0 amide bonds. The van der Waals surface area contributed by atoms with Gasteiger partial charge in [-0.05, 0) is 87.0 Å². The topological polar surface area (TPSA) is 51.6 Å². The highest BCUT2D eigenvalue weighted by Crippen LogP contribution is 2.56. The molecule has 10 aromatic rings. The van der Waals surface area contributed by atoms with Crippen LogP contribution < -0.4 is 0 Å². The first-order valence-electron chi connectivity index (χ1n) is 20.1. The Morgan fingerprint density at radius 3 is 1.48 bits per heavy atom. The van der Waals surface area contributed by atoms with Crippen molar-refractivity contribution < 1.29 is 0 Å². The summed E-state index contributed by atoms with van der Waals surface area (Å²) in [5, 5.41) is 1.12. The van der Waals surface area contributed by atoms with Crippen molar-refractivity contribution in [1.29, 1.82) is 0 Å². The molecular formula is C55H36N4S. The first-order chi connectivity index (χ1) is 29.7. The van der Waals surface area contributed by atoms with Gasteiger partial charge in [-0.25, -0.2) is 15.0 Å².